The normalized spacial score (nSPS) is 12.0. The van der Waals surface area contributed by atoms with Gasteiger partial charge in [-0.05, 0) is 12.1 Å². The van der Waals surface area contributed by atoms with Crippen molar-refractivity contribution in [2.24, 2.45) is 5.16 Å². The van der Waals surface area contributed by atoms with E-state index in [-0.39, 0.29) is 30.4 Å². The summed E-state index contributed by atoms with van der Waals surface area (Å²) in [6.07, 6.45) is 3.25. The highest BCUT2D eigenvalue weighted by atomic mass is 32.2. The molecule has 0 bridgehead atoms. The molecule has 3 aromatic rings. The van der Waals surface area contributed by atoms with E-state index in [9.17, 15) is 13.2 Å². The molecule has 0 saturated heterocycles. The van der Waals surface area contributed by atoms with Crippen LogP contribution in [0.25, 0.3) is 0 Å². The van der Waals surface area contributed by atoms with E-state index in [0.29, 0.717) is 22.3 Å². The monoisotopic (exact) mass is 525 g/mol. The van der Waals surface area contributed by atoms with Crippen LogP contribution in [0.15, 0.2) is 52.1 Å². The third-order valence-corrected chi connectivity index (χ3v) is 7.26. The predicted octanol–water partition coefficient (Wildman–Crippen LogP) is 2.23. The second-order valence-electron chi connectivity index (χ2n) is 6.57. The highest BCUT2D eigenvalue weighted by molar-refractivity contribution is 7.89. The molecule has 0 aliphatic carbocycles. The molecule has 1 aromatic carbocycles. The summed E-state index contributed by atoms with van der Waals surface area (Å²) >= 11 is 2.66. The Morgan fingerprint density at radius 2 is 1.91 bits per heavy atom. The van der Waals surface area contributed by atoms with Gasteiger partial charge in [-0.2, -0.15) is 0 Å². The summed E-state index contributed by atoms with van der Waals surface area (Å²) in [5.41, 5.74) is 0.317. The minimum atomic E-state index is -3.72. The number of nitrogens with one attached hydrogen (secondary N) is 2. The Kier molecular flexibility index (Phi) is 9.62. The molecule has 0 aliphatic heterocycles. The molecule has 2 N–H and O–H groups in total. The molecule has 0 saturated carbocycles. The van der Waals surface area contributed by atoms with Gasteiger partial charge < -0.3 is 14.3 Å². The summed E-state index contributed by atoms with van der Waals surface area (Å²) < 4.78 is 37.2. The average molecular weight is 526 g/mol. The molecule has 0 aliphatic rings. The van der Waals surface area contributed by atoms with Crippen LogP contribution in [0.2, 0.25) is 0 Å². The number of aromatic nitrogens is 2. The van der Waals surface area contributed by atoms with E-state index in [1.807, 2.05) is 0 Å². The van der Waals surface area contributed by atoms with Crippen LogP contribution in [-0.2, 0) is 42.3 Å². The Hall–Kier alpha value is -2.75. The number of anilines is 1. The smallest absolute Gasteiger partial charge is 0.280 e. The van der Waals surface area contributed by atoms with E-state index < -0.39 is 15.9 Å². The van der Waals surface area contributed by atoms with Crippen LogP contribution in [0.4, 0.5) is 5.13 Å². The molecule has 3 rings (SSSR count). The Morgan fingerprint density at radius 1 is 1.12 bits per heavy atom. The first-order chi connectivity index (χ1) is 16.4. The lowest BCUT2D eigenvalue weighted by Gasteiger charge is -2.09. The summed E-state index contributed by atoms with van der Waals surface area (Å²) in [6, 6.07) is 5.73. The molecule has 2 aromatic heterocycles. The fourth-order valence-corrected chi connectivity index (χ4v) is 4.90. The van der Waals surface area contributed by atoms with Crippen molar-refractivity contribution in [3.8, 4) is 0 Å². The van der Waals surface area contributed by atoms with Crippen molar-refractivity contribution in [3.05, 3.63) is 57.5 Å². The van der Waals surface area contributed by atoms with Crippen LogP contribution >= 0.6 is 22.7 Å². The van der Waals surface area contributed by atoms with Gasteiger partial charge in [-0.25, -0.2) is 23.1 Å². The van der Waals surface area contributed by atoms with Gasteiger partial charge in [0.1, 0.15) is 5.01 Å². The van der Waals surface area contributed by atoms with Crippen LogP contribution < -0.4 is 10.0 Å². The lowest BCUT2D eigenvalue weighted by atomic mass is 10.1. The van der Waals surface area contributed by atoms with E-state index in [2.05, 4.69) is 25.2 Å². The van der Waals surface area contributed by atoms with E-state index in [4.69, 9.17) is 14.3 Å². The standard InChI is InChI=1S/C20H23N5O6S3/c1-29-9-7-23-34(27,28)16-5-3-14(4-6-16)18(25-31-13-17-21-8-10-32-17)19(26)24-20-22-11-15(33-20)12-30-2/h3-6,8,10-11,23H,7,9,12-13H2,1-2H3,(H,22,24,26). The molecule has 0 unspecified atom stereocenters. The van der Waals surface area contributed by atoms with Crippen LogP contribution in [0.5, 0.6) is 0 Å². The van der Waals surface area contributed by atoms with Gasteiger partial charge >= 0.3 is 0 Å². The number of sulfonamides is 1. The molecule has 1 amide bonds. The van der Waals surface area contributed by atoms with Crippen molar-refractivity contribution in [1.29, 1.82) is 0 Å². The average Bonchev–Trinajstić information content (AvgIpc) is 3.49. The van der Waals surface area contributed by atoms with E-state index >= 15 is 0 Å². The van der Waals surface area contributed by atoms with Crippen LogP contribution in [0.1, 0.15) is 15.4 Å². The van der Waals surface area contributed by atoms with Crippen molar-refractivity contribution in [2.45, 2.75) is 18.1 Å². The van der Waals surface area contributed by atoms with E-state index in [1.165, 1.54) is 54.0 Å². The molecule has 0 fully saturated rings. The SMILES string of the molecule is COCCNS(=O)(=O)c1ccc(C(=NOCc2nccs2)C(=O)Nc2ncc(COC)s2)cc1. The third-order valence-electron chi connectivity index (χ3n) is 4.14. The molecule has 182 valence electrons. The summed E-state index contributed by atoms with van der Waals surface area (Å²) in [6.45, 7) is 0.839. The van der Waals surface area contributed by atoms with Gasteiger partial charge in [-0.15, -0.1) is 11.3 Å². The number of hydrogen-bond acceptors (Lipinski definition) is 11. The quantitative estimate of drug-likeness (QED) is 0.197. The maximum absolute atomic E-state index is 13.0. The largest absolute Gasteiger partial charge is 0.388 e. The predicted molar refractivity (Wildman–Crippen MR) is 128 cm³/mol. The van der Waals surface area contributed by atoms with Crippen molar-refractivity contribution >= 4 is 49.4 Å². The molecular weight excluding hydrogens is 502 g/mol. The molecule has 34 heavy (non-hydrogen) atoms. The number of oxime groups is 1. The fourth-order valence-electron chi connectivity index (χ4n) is 2.59. The van der Waals surface area contributed by atoms with Crippen LogP contribution in [0.3, 0.4) is 0 Å². The number of rotatable bonds is 13. The zero-order valence-electron chi connectivity index (χ0n) is 18.4. The van der Waals surface area contributed by atoms with Crippen LogP contribution in [-0.4, -0.2) is 57.4 Å². The molecule has 14 heteroatoms. The van der Waals surface area contributed by atoms with Crippen LogP contribution in [0, 0.1) is 0 Å². The number of nitrogens with zero attached hydrogens (tertiary/aromatic N) is 3. The second kappa shape index (κ2) is 12.6. The Bertz CT molecular complexity index is 1190. The van der Waals surface area contributed by atoms with Gasteiger partial charge in [0, 0.05) is 44.1 Å². The summed E-state index contributed by atoms with van der Waals surface area (Å²) in [5, 5.41) is 9.55. The van der Waals surface area contributed by atoms with Crippen molar-refractivity contribution in [1.82, 2.24) is 14.7 Å². The van der Waals surface area contributed by atoms with Crippen molar-refractivity contribution in [3.63, 3.8) is 0 Å². The lowest BCUT2D eigenvalue weighted by molar-refractivity contribution is -0.110. The zero-order chi connectivity index (χ0) is 24.4. The number of hydrogen-bond donors (Lipinski definition) is 2. The Morgan fingerprint density at radius 3 is 2.59 bits per heavy atom. The first-order valence-corrected chi connectivity index (χ1v) is 13.0. The first kappa shape index (κ1) is 25.9. The van der Waals surface area contributed by atoms with Gasteiger partial charge in [0.2, 0.25) is 10.0 Å². The van der Waals surface area contributed by atoms with Crippen molar-refractivity contribution in [2.75, 3.05) is 32.7 Å². The number of thiazole rings is 2. The Labute approximate surface area is 204 Å². The van der Waals surface area contributed by atoms with Crippen molar-refractivity contribution < 1.29 is 27.5 Å². The second-order valence-corrected chi connectivity index (χ2v) is 10.4. The maximum Gasteiger partial charge on any atom is 0.280 e. The topological polar surface area (TPSA) is 141 Å². The number of methoxy groups -OCH3 is 2. The highest BCUT2D eigenvalue weighted by Crippen LogP contribution is 2.20. The molecule has 0 radical (unpaired) electrons. The summed E-state index contributed by atoms with van der Waals surface area (Å²) in [5.74, 6) is -0.564. The molecule has 0 spiro atoms. The van der Waals surface area contributed by atoms with Gasteiger partial charge in [-0.3, -0.25) is 10.1 Å². The molecule has 0 atom stereocenters. The molecule has 11 nitrogen and oxygen atoms in total. The van der Waals surface area contributed by atoms with Gasteiger partial charge in [-0.1, -0.05) is 28.6 Å². The minimum absolute atomic E-state index is 0.0416. The zero-order valence-corrected chi connectivity index (χ0v) is 20.8. The van der Waals surface area contributed by atoms with E-state index in [1.54, 1.807) is 24.9 Å². The van der Waals surface area contributed by atoms with Gasteiger partial charge in [0.05, 0.1) is 23.0 Å². The number of carbonyl (C=O) groups is 1. The third kappa shape index (κ3) is 7.38. The molecular formula is C20H23N5O6S3. The number of benzene rings is 1. The van der Waals surface area contributed by atoms with Gasteiger partial charge in [0.25, 0.3) is 5.91 Å². The van der Waals surface area contributed by atoms with E-state index in [0.717, 1.165) is 4.88 Å². The first-order valence-electron chi connectivity index (χ1n) is 9.85. The number of amides is 1. The van der Waals surface area contributed by atoms with Gasteiger partial charge in [0.15, 0.2) is 17.5 Å². The number of ether oxygens (including phenoxy) is 2. The number of carbonyl (C=O) groups excluding carboxylic acids is 1. The molecule has 2 heterocycles. The minimum Gasteiger partial charge on any atom is -0.388 e. The lowest BCUT2D eigenvalue weighted by Crippen LogP contribution is -2.27. The Balaban J connectivity index is 1.79. The maximum atomic E-state index is 13.0. The highest BCUT2D eigenvalue weighted by Gasteiger charge is 2.19. The summed E-state index contributed by atoms with van der Waals surface area (Å²) in [4.78, 5) is 27.5. The summed E-state index contributed by atoms with van der Waals surface area (Å²) in [7, 11) is -0.671. The fraction of sp³-hybridized carbons (Fsp3) is 0.300.